The van der Waals surface area contributed by atoms with Gasteiger partial charge in [0.05, 0.1) is 0 Å². The zero-order valence-electron chi connectivity index (χ0n) is 5.31. The molecule has 0 aliphatic carbocycles. The maximum Gasteiger partial charge on any atom is 0.316 e. The van der Waals surface area contributed by atoms with Crippen molar-refractivity contribution in [3.8, 4) is 0 Å². The molecule has 1 aromatic carbocycles. The van der Waals surface area contributed by atoms with Crippen molar-refractivity contribution in [2.75, 3.05) is 0 Å². The van der Waals surface area contributed by atoms with Crippen molar-refractivity contribution in [1.29, 1.82) is 0 Å². The molecule has 1 aromatic rings. The second kappa shape index (κ2) is 3.91. The highest BCUT2D eigenvalue weighted by atomic mass is 24.3. The van der Waals surface area contributed by atoms with Crippen LogP contribution in [0.15, 0.2) is 24.3 Å². The van der Waals surface area contributed by atoms with Crippen LogP contribution in [0.4, 0.5) is 0 Å². The fourth-order valence-electron chi connectivity index (χ4n) is 0.663. The molecule has 0 saturated heterocycles. The van der Waals surface area contributed by atoms with E-state index in [-0.39, 0.29) is 23.1 Å². The van der Waals surface area contributed by atoms with Gasteiger partial charge in [0.1, 0.15) is 0 Å². The highest BCUT2D eigenvalue weighted by Crippen LogP contribution is 2.02. The first-order valence-corrected chi connectivity index (χ1v) is 2.83. The molecular weight excluding hydrogens is 120 g/mol. The molecule has 0 aliphatic rings. The van der Waals surface area contributed by atoms with Gasteiger partial charge in [0.25, 0.3) is 0 Å². The zero-order chi connectivity index (χ0) is 5.98. The summed E-state index contributed by atoms with van der Waals surface area (Å²) in [6.07, 6.45) is 0. The van der Waals surface area contributed by atoms with Gasteiger partial charge in [-0.05, 0) is 25.0 Å². The van der Waals surface area contributed by atoms with Gasteiger partial charge < -0.3 is 0 Å². The first kappa shape index (κ1) is 8.99. The molecule has 0 bridgehead atoms. The lowest BCUT2D eigenvalue weighted by molar-refractivity contribution is 1.34. The second-order valence-electron chi connectivity index (χ2n) is 2.08. The summed E-state index contributed by atoms with van der Waals surface area (Å²) in [5.74, 6) is 0. The number of hydrogen-bond acceptors (Lipinski definition) is 0. The van der Waals surface area contributed by atoms with E-state index in [1.165, 1.54) is 11.1 Å². The summed E-state index contributed by atoms with van der Waals surface area (Å²) in [4.78, 5) is 0. The maximum atomic E-state index is 2.12. The quantitative estimate of drug-likeness (QED) is 0.468. The molecule has 0 saturated carbocycles. The van der Waals surface area contributed by atoms with Gasteiger partial charge in [0.2, 0.25) is 0 Å². The minimum absolute atomic E-state index is 0. The van der Waals surface area contributed by atoms with Crippen molar-refractivity contribution in [3.63, 3.8) is 0 Å². The summed E-state index contributed by atoms with van der Waals surface area (Å²) in [5.41, 5.74) is 2.74. The average molecular weight is 132 g/mol. The van der Waals surface area contributed by atoms with Crippen LogP contribution in [0.25, 0.3) is 0 Å². The van der Waals surface area contributed by atoms with Crippen LogP contribution >= 0.6 is 0 Å². The van der Waals surface area contributed by atoms with E-state index in [1.807, 2.05) is 0 Å². The van der Waals surface area contributed by atoms with Crippen LogP contribution in [-0.4, -0.2) is 23.1 Å². The standard InChI is InChI=1S/C8H10.Mg.2H/c1-7-5-3-4-6-8(7)2;;;/h3-6H,1-2H3;;;. The highest BCUT2D eigenvalue weighted by Gasteiger charge is 1.83. The first-order valence-electron chi connectivity index (χ1n) is 2.83. The number of hydrogen-bond donors (Lipinski definition) is 0. The Balaban J connectivity index is 0.000000640. The molecule has 0 nitrogen and oxygen atoms in total. The monoisotopic (exact) mass is 132 g/mol. The molecule has 0 fully saturated rings. The molecule has 0 radical (unpaired) electrons. The fraction of sp³-hybridized carbons (Fsp3) is 0.250. The molecule has 0 unspecified atom stereocenters. The van der Waals surface area contributed by atoms with E-state index >= 15 is 0 Å². The average Bonchev–Trinajstić information content (AvgIpc) is 1.77. The molecule has 0 amide bonds. The molecule has 46 valence electrons. The Morgan fingerprint density at radius 1 is 0.889 bits per heavy atom. The van der Waals surface area contributed by atoms with Crippen LogP contribution in [0.3, 0.4) is 0 Å². The Morgan fingerprint density at radius 2 is 1.22 bits per heavy atom. The van der Waals surface area contributed by atoms with E-state index in [4.69, 9.17) is 0 Å². The van der Waals surface area contributed by atoms with Crippen LogP contribution < -0.4 is 0 Å². The minimum atomic E-state index is 0. The van der Waals surface area contributed by atoms with E-state index < -0.39 is 0 Å². The van der Waals surface area contributed by atoms with Gasteiger partial charge in [-0.3, -0.25) is 0 Å². The van der Waals surface area contributed by atoms with E-state index in [1.54, 1.807) is 0 Å². The molecule has 0 N–H and O–H groups in total. The molecule has 1 heteroatoms. The third kappa shape index (κ3) is 2.37. The Morgan fingerprint density at radius 3 is 1.44 bits per heavy atom. The van der Waals surface area contributed by atoms with Crippen LogP contribution in [0, 0.1) is 13.8 Å². The van der Waals surface area contributed by atoms with Gasteiger partial charge >= 0.3 is 23.1 Å². The van der Waals surface area contributed by atoms with Gasteiger partial charge in [0, 0.05) is 0 Å². The lowest BCUT2D eigenvalue weighted by atomic mass is 10.1. The van der Waals surface area contributed by atoms with Crippen molar-refractivity contribution in [3.05, 3.63) is 35.4 Å². The van der Waals surface area contributed by atoms with Gasteiger partial charge in [-0.2, -0.15) is 0 Å². The van der Waals surface area contributed by atoms with Gasteiger partial charge in [-0.25, -0.2) is 0 Å². The van der Waals surface area contributed by atoms with Crippen molar-refractivity contribution >= 4 is 23.1 Å². The Kier molecular flexibility index (Phi) is 3.90. The summed E-state index contributed by atoms with van der Waals surface area (Å²) in [7, 11) is 0. The van der Waals surface area contributed by atoms with Gasteiger partial charge in [-0.15, -0.1) is 0 Å². The third-order valence-corrected chi connectivity index (χ3v) is 1.43. The van der Waals surface area contributed by atoms with Gasteiger partial charge in [-0.1, -0.05) is 24.3 Å². The van der Waals surface area contributed by atoms with Crippen molar-refractivity contribution < 1.29 is 0 Å². The topological polar surface area (TPSA) is 0 Å². The van der Waals surface area contributed by atoms with E-state index in [0.29, 0.717) is 0 Å². The molecule has 0 spiro atoms. The zero-order valence-corrected chi connectivity index (χ0v) is 5.31. The van der Waals surface area contributed by atoms with E-state index in [9.17, 15) is 0 Å². The smallest absolute Gasteiger partial charge is 0.0620 e. The van der Waals surface area contributed by atoms with Crippen molar-refractivity contribution in [2.24, 2.45) is 0 Å². The normalized spacial score (nSPS) is 8.22. The number of benzene rings is 1. The SMILES string of the molecule is Cc1ccccc1C.[MgH2]. The Labute approximate surface area is 72.4 Å². The lowest BCUT2D eigenvalue weighted by Crippen LogP contribution is -1.74. The fourth-order valence-corrected chi connectivity index (χ4v) is 0.663. The summed E-state index contributed by atoms with van der Waals surface area (Å²) < 4.78 is 0. The molecular formula is C8H12Mg. The van der Waals surface area contributed by atoms with Crippen LogP contribution in [0.5, 0.6) is 0 Å². The molecule has 0 aliphatic heterocycles. The predicted molar refractivity (Wildman–Crippen MR) is 44.5 cm³/mol. The number of aryl methyl sites for hydroxylation is 2. The molecule has 0 aromatic heterocycles. The summed E-state index contributed by atoms with van der Waals surface area (Å²) in [5, 5.41) is 0. The maximum absolute atomic E-state index is 2.12. The summed E-state index contributed by atoms with van der Waals surface area (Å²) in [6, 6.07) is 8.36. The molecule has 9 heavy (non-hydrogen) atoms. The van der Waals surface area contributed by atoms with E-state index in [0.717, 1.165) is 0 Å². The predicted octanol–water partition coefficient (Wildman–Crippen LogP) is 1.39. The molecule has 0 heterocycles. The first-order chi connectivity index (χ1) is 3.80. The van der Waals surface area contributed by atoms with Crippen LogP contribution in [0.1, 0.15) is 11.1 Å². The van der Waals surface area contributed by atoms with Crippen LogP contribution in [0.2, 0.25) is 0 Å². The molecule has 1 rings (SSSR count). The third-order valence-electron chi connectivity index (χ3n) is 1.43. The summed E-state index contributed by atoms with van der Waals surface area (Å²) >= 11 is 0. The van der Waals surface area contributed by atoms with E-state index in [2.05, 4.69) is 38.1 Å². The Bertz CT molecular complexity index is 161. The highest BCUT2D eigenvalue weighted by molar-refractivity contribution is 5.75. The number of rotatable bonds is 0. The van der Waals surface area contributed by atoms with Gasteiger partial charge in [0.15, 0.2) is 0 Å². The summed E-state index contributed by atoms with van der Waals surface area (Å²) in [6.45, 7) is 4.24. The largest absolute Gasteiger partial charge is 0.316 e. The van der Waals surface area contributed by atoms with Crippen molar-refractivity contribution in [2.45, 2.75) is 13.8 Å². The lowest BCUT2D eigenvalue weighted by Gasteiger charge is -1.93. The van der Waals surface area contributed by atoms with Crippen molar-refractivity contribution in [1.82, 2.24) is 0 Å². The minimum Gasteiger partial charge on any atom is -0.0620 e. The van der Waals surface area contributed by atoms with Crippen LogP contribution in [-0.2, 0) is 0 Å². The molecule has 0 atom stereocenters. The second-order valence-corrected chi connectivity index (χ2v) is 2.08. The Hall–Kier alpha value is -0.0138.